The minimum Gasteiger partial charge on any atom is -0.264 e. The molecule has 3 aromatic rings. The molecule has 3 nitrogen and oxygen atoms in total. The summed E-state index contributed by atoms with van der Waals surface area (Å²) in [6, 6.07) is 16.0. The molecule has 3 heteroatoms. The average molecular weight is 233 g/mol. The first-order valence-corrected chi connectivity index (χ1v) is 5.72. The van der Waals surface area contributed by atoms with Gasteiger partial charge in [-0.05, 0) is 12.1 Å². The van der Waals surface area contributed by atoms with Gasteiger partial charge in [0.15, 0.2) is 0 Å². The van der Waals surface area contributed by atoms with E-state index in [0.29, 0.717) is 0 Å². The molecule has 0 aliphatic carbocycles. The normalized spacial score (nSPS) is 10.2. The van der Waals surface area contributed by atoms with E-state index in [1.54, 1.807) is 12.4 Å². The predicted molar refractivity (Wildman–Crippen MR) is 70.7 cm³/mol. The highest BCUT2D eigenvalue weighted by atomic mass is 15.1. The number of aromatic nitrogens is 3. The van der Waals surface area contributed by atoms with Gasteiger partial charge in [0, 0.05) is 29.1 Å². The van der Waals surface area contributed by atoms with Crippen molar-refractivity contribution in [1.29, 1.82) is 0 Å². The van der Waals surface area contributed by atoms with Crippen LogP contribution in [-0.4, -0.2) is 15.2 Å². The zero-order valence-corrected chi connectivity index (χ0v) is 9.69. The Morgan fingerprint density at radius 3 is 2.33 bits per heavy atom. The molecule has 0 aliphatic heterocycles. The van der Waals surface area contributed by atoms with Gasteiger partial charge in [-0.15, -0.1) is 0 Å². The predicted octanol–water partition coefficient (Wildman–Crippen LogP) is 3.21. The number of hydrogen-bond acceptors (Lipinski definition) is 3. The van der Waals surface area contributed by atoms with Crippen LogP contribution >= 0.6 is 0 Å². The van der Waals surface area contributed by atoms with E-state index in [2.05, 4.69) is 15.2 Å². The van der Waals surface area contributed by atoms with Crippen LogP contribution in [0.1, 0.15) is 0 Å². The Morgan fingerprint density at radius 1 is 0.722 bits per heavy atom. The smallest absolute Gasteiger partial charge is 0.0935 e. The maximum Gasteiger partial charge on any atom is 0.0935 e. The van der Waals surface area contributed by atoms with Crippen LogP contribution in [0.4, 0.5) is 0 Å². The van der Waals surface area contributed by atoms with Crippen LogP contribution in [0.5, 0.6) is 0 Å². The van der Waals surface area contributed by atoms with Crippen molar-refractivity contribution >= 4 is 0 Å². The van der Waals surface area contributed by atoms with Crippen molar-refractivity contribution in [2.75, 3.05) is 0 Å². The minimum absolute atomic E-state index is 0.872. The molecule has 0 spiro atoms. The van der Waals surface area contributed by atoms with Crippen LogP contribution in [0.3, 0.4) is 0 Å². The van der Waals surface area contributed by atoms with E-state index in [1.165, 1.54) is 0 Å². The molecule has 0 fully saturated rings. The third kappa shape index (κ3) is 2.11. The first kappa shape index (κ1) is 10.6. The van der Waals surface area contributed by atoms with E-state index in [4.69, 9.17) is 0 Å². The number of rotatable bonds is 2. The van der Waals surface area contributed by atoms with Gasteiger partial charge in [-0.25, -0.2) is 0 Å². The van der Waals surface area contributed by atoms with Gasteiger partial charge >= 0.3 is 0 Å². The third-order valence-corrected chi connectivity index (χ3v) is 2.72. The molecule has 2 heterocycles. The van der Waals surface area contributed by atoms with Crippen LogP contribution in [-0.2, 0) is 0 Å². The molecule has 0 atom stereocenters. The Bertz CT molecular complexity index is 581. The minimum atomic E-state index is 0.872. The number of pyridine rings is 1. The maximum absolute atomic E-state index is 4.16. The largest absolute Gasteiger partial charge is 0.264 e. The van der Waals surface area contributed by atoms with Crippen LogP contribution in [0.25, 0.3) is 22.4 Å². The van der Waals surface area contributed by atoms with Crippen LogP contribution < -0.4 is 0 Å². The van der Waals surface area contributed by atoms with E-state index in [9.17, 15) is 0 Å². The summed E-state index contributed by atoms with van der Waals surface area (Å²) in [5, 5.41) is 8.22. The van der Waals surface area contributed by atoms with E-state index in [-0.39, 0.29) is 0 Å². The molecule has 18 heavy (non-hydrogen) atoms. The topological polar surface area (TPSA) is 38.7 Å². The maximum atomic E-state index is 4.16. The number of hydrogen-bond donors (Lipinski definition) is 0. The van der Waals surface area contributed by atoms with Gasteiger partial charge in [-0.3, -0.25) is 4.98 Å². The Hall–Kier alpha value is -2.55. The molecule has 0 aliphatic rings. The van der Waals surface area contributed by atoms with Gasteiger partial charge in [-0.2, -0.15) is 10.2 Å². The Morgan fingerprint density at radius 2 is 1.56 bits per heavy atom. The van der Waals surface area contributed by atoms with Gasteiger partial charge in [0.1, 0.15) is 0 Å². The van der Waals surface area contributed by atoms with Crippen molar-refractivity contribution in [3.05, 3.63) is 67.1 Å². The van der Waals surface area contributed by atoms with Gasteiger partial charge in [0.2, 0.25) is 0 Å². The number of nitrogens with zero attached hydrogens (tertiary/aromatic N) is 3. The second-order valence-corrected chi connectivity index (χ2v) is 3.94. The molecule has 0 saturated carbocycles. The van der Waals surface area contributed by atoms with Crippen molar-refractivity contribution in [3.8, 4) is 22.4 Å². The molecule has 0 bridgehead atoms. The van der Waals surface area contributed by atoms with Crippen molar-refractivity contribution < 1.29 is 0 Å². The highest BCUT2D eigenvalue weighted by molar-refractivity contribution is 5.68. The molecule has 0 unspecified atom stereocenters. The van der Waals surface area contributed by atoms with E-state index >= 15 is 0 Å². The highest BCUT2D eigenvalue weighted by Crippen LogP contribution is 2.22. The summed E-state index contributed by atoms with van der Waals surface area (Å²) in [7, 11) is 0. The van der Waals surface area contributed by atoms with Crippen molar-refractivity contribution in [1.82, 2.24) is 15.2 Å². The molecular formula is C15H11N3. The van der Waals surface area contributed by atoms with E-state index < -0.39 is 0 Å². The lowest BCUT2D eigenvalue weighted by Gasteiger charge is -2.03. The molecular weight excluding hydrogens is 222 g/mol. The van der Waals surface area contributed by atoms with Crippen molar-refractivity contribution in [2.24, 2.45) is 0 Å². The van der Waals surface area contributed by atoms with Gasteiger partial charge in [0.05, 0.1) is 11.9 Å². The zero-order chi connectivity index (χ0) is 12.2. The summed E-state index contributed by atoms with van der Waals surface area (Å²) in [5.74, 6) is 0. The first-order valence-electron chi connectivity index (χ1n) is 5.72. The lowest BCUT2D eigenvalue weighted by molar-refractivity contribution is 1.04. The fraction of sp³-hybridized carbons (Fsp3) is 0. The lowest BCUT2D eigenvalue weighted by Crippen LogP contribution is -1.89. The molecule has 3 rings (SSSR count). The highest BCUT2D eigenvalue weighted by Gasteiger charge is 2.03. The summed E-state index contributed by atoms with van der Waals surface area (Å²) in [4.78, 5) is 4.12. The van der Waals surface area contributed by atoms with Crippen LogP contribution in [0.15, 0.2) is 67.1 Å². The SMILES string of the molecule is c1ccc(-c2cc(-c3cccnc3)cnn2)cc1. The van der Waals surface area contributed by atoms with E-state index in [1.807, 2.05) is 54.7 Å². The summed E-state index contributed by atoms with van der Waals surface area (Å²) < 4.78 is 0. The van der Waals surface area contributed by atoms with Gasteiger partial charge in [0.25, 0.3) is 0 Å². The quantitative estimate of drug-likeness (QED) is 0.682. The number of benzene rings is 1. The van der Waals surface area contributed by atoms with Gasteiger partial charge in [-0.1, -0.05) is 36.4 Å². The Labute approximate surface area is 105 Å². The van der Waals surface area contributed by atoms with Crippen LogP contribution in [0, 0.1) is 0 Å². The average Bonchev–Trinajstić information content (AvgIpc) is 2.49. The monoisotopic (exact) mass is 233 g/mol. The van der Waals surface area contributed by atoms with Crippen molar-refractivity contribution in [2.45, 2.75) is 0 Å². The summed E-state index contributed by atoms with van der Waals surface area (Å²) in [5.41, 5.74) is 4.01. The Balaban J connectivity index is 2.05. The molecule has 0 saturated heterocycles. The summed E-state index contributed by atoms with van der Waals surface area (Å²) >= 11 is 0. The third-order valence-electron chi connectivity index (χ3n) is 2.72. The van der Waals surface area contributed by atoms with E-state index in [0.717, 1.165) is 22.4 Å². The Kier molecular flexibility index (Phi) is 2.80. The standard InChI is InChI=1S/C15H11N3/c1-2-5-12(6-3-1)15-9-14(11-17-18-15)13-7-4-8-16-10-13/h1-11H. The second kappa shape index (κ2) is 4.75. The summed E-state index contributed by atoms with van der Waals surface area (Å²) in [6.07, 6.45) is 5.34. The summed E-state index contributed by atoms with van der Waals surface area (Å²) in [6.45, 7) is 0. The fourth-order valence-electron chi connectivity index (χ4n) is 1.81. The lowest BCUT2D eigenvalue weighted by atomic mass is 10.1. The fourth-order valence-corrected chi connectivity index (χ4v) is 1.81. The molecule has 1 aromatic carbocycles. The molecule has 86 valence electrons. The second-order valence-electron chi connectivity index (χ2n) is 3.94. The van der Waals surface area contributed by atoms with Gasteiger partial charge < -0.3 is 0 Å². The zero-order valence-electron chi connectivity index (χ0n) is 9.69. The molecule has 0 radical (unpaired) electrons. The first-order chi connectivity index (χ1) is 8.93. The molecule has 0 amide bonds. The van der Waals surface area contributed by atoms with Crippen LogP contribution in [0.2, 0.25) is 0 Å². The van der Waals surface area contributed by atoms with Crippen molar-refractivity contribution in [3.63, 3.8) is 0 Å². The molecule has 0 N–H and O–H groups in total. The molecule has 2 aromatic heterocycles.